The Hall–Kier alpha value is -1.82. The molecule has 1 aliphatic heterocycles. The van der Waals surface area contributed by atoms with E-state index in [0.717, 1.165) is 17.0 Å². The van der Waals surface area contributed by atoms with Crippen molar-refractivity contribution in [3.8, 4) is 0 Å². The van der Waals surface area contributed by atoms with Crippen molar-refractivity contribution in [2.75, 3.05) is 18.0 Å². The van der Waals surface area contributed by atoms with Crippen molar-refractivity contribution < 1.29 is 18.4 Å². The second kappa shape index (κ2) is 3.97. The summed E-state index contributed by atoms with van der Waals surface area (Å²) in [7, 11) is 0. The minimum Gasteiger partial charge on any atom is -0.300 e. The van der Waals surface area contributed by atoms with Gasteiger partial charge in [0, 0.05) is 6.07 Å². The van der Waals surface area contributed by atoms with Gasteiger partial charge in [-0.05, 0) is 12.1 Å². The van der Waals surface area contributed by atoms with Crippen LogP contribution in [0.4, 0.5) is 14.5 Å². The number of amides is 2. The summed E-state index contributed by atoms with van der Waals surface area (Å²) in [5, 5.41) is 2.58. The third-order valence-electron chi connectivity index (χ3n) is 2.20. The SMILES string of the molecule is O=C1CNCC(=O)N1c1ccc(F)cc1F. The summed E-state index contributed by atoms with van der Waals surface area (Å²) < 4.78 is 26.0. The summed E-state index contributed by atoms with van der Waals surface area (Å²) in [6.07, 6.45) is 0. The normalized spacial score (nSPS) is 16.8. The Morgan fingerprint density at radius 2 is 1.75 bits per heavy atom. The van der Waals surface area contributed by atoms with E-state index in [4.69, 9.17) is 0 Å². The van der Waals surface area contributed by atoms with Crippen LogP contribution in [0.15, 0.2) is 18.2 Å². The lowest BCUT2D eigenvalue weighted by Gasteiger charge is -2.25. The van der Waals surface area contributed by atoms with Gasteiger partial charge in [-0.1, -0.05) is 0 Å². The highest BCUT2D eigenvalue weighted by Crippen LogP contribution is 2.21. The van der Waals surface area contributed by atoms with E-state index in [9.17, 15) is 18.4 Å². The molecule has 1 fully saturated rings. The molecule has 1 heterocycles. The molecule has 1 aliphatic rings. The summed E-state index contributed by atoms with van der Waals surface area (Å²) >= 11 is 0. The van der Waals surface area contributed by atoms with Crippen molar-refractivity contribution >= 4 is 17.5 Å². The molecule has 0 bridgehead atoms. The lowest BCUT2D eigenvalue weighted by molar-refractivity contribution is -0.127. The number of hydrogen-bond acceptors (Lipinski definition) is 3. The lowest BCUT2D eigenvalue weighted by atomic mass is 10.2. The van der Waals surface area contributed by atoms with Crippen LogP contribution >= 0.6 is 0 Å². The van der Waals surface area contributed by atoms with E-state index in [1.807, 2.05) is 0 Å². The minimum atomic E-state index is -0.927. The van der Waals surface area contributed by atoms with E-state index < -0.39 is 23.4 Å². The lowest BCUT2D eigenvalue weighted by Crippen LogP contribution is -2.52. The molecule has 2 amide bonds. The summed E-state index contributed by atoms with van der Waals surface area (Å²) in [4.78, 5) is 23.6. The number of nitrogens with one attached hydrogen (secondary N) is 1. The Labute approximate surface area is 89.8 Å². The van der Waals surface area contributed by atoms with Crippen molar-refractivity contribution in [2.24, 2.45) is 0 Å². The fraction of sp³-hybridized carbons (Fsp3) is 0.200. The standard InChI is InChI=1S/C10H8F2N2O2/c11-6-1-2-8(7(12)3-6)14-9(15)4-13-5-10(14)16/h1-3,13H,4-5H2. The van der Waals surface area contributed by atoms with Gasteiger partial charge in [0.25, 0.3) is 0 Å². The molecule has 1 saturated heterocycles. The summed E-state index contributed by atoms with van der Waals surface area (Å²) in [5.74, 6) is -2.79. The zero-order valence-electron chi connectivity index (χ0n) is 8.17. The van der Waals surface area contributed by atoms with Gasteiger partial charge in [0.1, 0.15) is 11.6 Å². The third-order valence-corrected chi connectivity index (χ3v) is 2.20. The van der Waals surface area contributed by atoms with Crippen molar-refractivity contribution in [1.82, 2.24) is 5.32 Å². The molecule has 4 nitrogen and oxygen atoms in total. The zero-order chi connectivity index (χ0) is 11.7. The van der Waals surface area contributed by atoms with E-state index in [2.05, 4.69) is 5.32 Å². The highest BCUT2D eigenvalue weighted by molar-refractivity contribution is 6.17. The predicted octanol–water partition coefficient (Wildman–Crippen LogP) is 0.428. The number of halogens is 2. The number of carbonyl (C=O) groups is 2. The first-order valence-corrected chi connectivity index (χ1v) is 4.61. The topological polar surface area (TPSA) is 49.4 Å². The number of rotatable bonds is 1. The van der Waals surface area contributed by atoms with E-state index in [-0.39, 0.29) is 18.8 Å². The highest BCUT2D eigenvalue weighted by atomic mass is 19.1. The van der Waals surface area contributed by atoms with Crippen molar-refractivity contribution in [2.45, 2.75) is 0 Å². The van der Waals surface area contributed by atoms with Crippen LogP contribution in [-0.4, -0.2) is 24.9 Å². The van der Waals surface area contributed by atoms with Crippen molar-refractivity contribution in [3.63, 3.8) is 0 Å². The first-order valence-electron chi connectivity index (χ1n) is 4.61. The second-order valence-corrected chi connectivity index (χ2v) is 3.32. The molecule has 0 spiro atoms. The molecular weight excluding hydrogens is 218 g/mol. The van der Waals surface area contributed by atoms with Crippen LogP contribution in [0.25, 0.3) is 0 Å². The number of benzene rings is 1. The quantitative estimate of drug-likeness (QED) is 0.706. The Bertz CT molecular complexity index is 446. The fourth-order valence-corrected chi connectivity index (χ4v) is 1.50. The van der Waals surface area contributed by atoms with Gasteiger partial charge in [0.05, 0.1) is 18.8 Å². The first kappa shape index (κ1) is 10.7. The molecule has 16 heavy (non-hydrogen) atoms. The number of piperazine rings is 1. The zero-order valence-corrected chi connectivity index (χ0v) is 8.17. The molecule has 1 aromatic carbocycles. The predicted molar refractivity (Wildman–Crippen MR) is 51.7 cm³/mol. The van der Waals surface area contributed by atoms with Crippen molar-refractivity contribution in [3.05, 3.63) is 29.8 Å². The van der Waals surface area contributed by atoms with Gasteiger partial charge in [0.15, 0.2) is 0 Å². The number of hydrogen-bond donors (Lipinski definition) is 1. The molecule has 0 radical (unpaired) electrons. The first-order chi connectivity index (χ1) is 7.59. The van der Waals surface area contributed by atoms with Gasteiger partial charge < -0.3 is 0 Å². The van der Waals surface area contributed by atoms with Gasteiger partial charge >= 0.3 is 0 Å². The van der Waals surface area contributed by atoms with Crippen LogP contribution < -0.4 is 10.2 Å². The second-order valence-electron chi connectivity index (χ2n) is 3.32. The number of anilines is 1. The highest BCUT2D eigenvalue weighted by Gasteiger charge is 2.29. The maximum atomic E-state index is 13.4. The Balaban J connectivity index is 2.42. The van der Waals surface area contributed by atoms with Crippen LogP contribution in [0.2, 0.25) is 0 Å². The van der Waals surface area contributed by atoms with Crippen LogP contribution in [0.1, 0.15) is 0 Å². The van der Waals surface area contributed by atoms with Gasteiger partial charge in [0.2, 0.25) is 11.8 Å². The Morgan fingerprint density at radius 1 is 1.12 bits per heavy atom. The van der Waals surface area contributed by atoms with Crippen LogP contribution in [0, 0.1) is 11.6 Å². The van der Waals surface area contributed by atoms with Crippen LogP contribution in [0.5, 0.6) is 0 Å². The molecular formula is C10H8F2N2O2. The maximum Gasteiger partial charge on any atom is 0.247 e. The Morgan fingerprint density at radius 3 is 2.31 bits per heavy atom. The number of nitrogens with zero attached hydrogens (tertiary/aromatic N) is 1. The van der Waals surface area contributed by atoms with Crippen LogP contribution in [0.3, 0.4) is 0 Å². The molecule has 84 valence electrons. The molecule has 1 aromatic rings. The van der Waals surface area contributed by atoms with Gasteiger partial charge in [-0.25, -0.2) is 13.7 Å². The largest absolute Gasteiger partial charge is 0.300 e. The number of carbonyl (C=O) groups excluding carboxylic acids is 2. The third kappa shape index (κ3) is 1.79. The molecule has 0 unspecified atom stereocenters. The van der Waals surface area contributed by atoms with Gasteiger partial charge in [-0.3, -0.25) is 14.9 Å². The van der Waals surface area contributed by atoms with Gasteiger partial charge in [-0.2, -0.15) is 0 Å². The smallest absolute Gasteiger partial charge is 0.247 e. The van der Waals surface area contributed by atoms with E-state index in [1.165, 1.54) is 0 Å². The molecule has 0 aliphatic carbocycles. The number of imide groups is 1. The molecule has 6 heteroatoms. The van der Waals surface area contributed by atoms with Crippen LogP contribution in [-0.2, 0) is 9.59 Å². The fourth-order valence-electron chi connectivity index (χ4n) is 1.50. The Kier molecular flexibility index (Phi) is 2.66. The summed E-state index contributed by atoms with van der Waals surface area (Å²) in [5.41, 5.74) is -0.210. The monoisotopic (exact) mass is 226 g/mol. The summed E-state index contributed by atoms with van der Waals surface area (Å²) in [6, 6.07) is 2.71. The molecule has 0 saturated carbocycles. The molecule has 0 aromatic heterocycles. The van der Waals surface area contributed by atoms with E-state index >= 15 is 0 Å². The average molecular weight is 226 g/mol. The average Bonchev–Trinajstić information content (AvgIpc) is 2.20. The summed E-state index contributed by atoms with van der Waals surface area (Å²) in [6.45, 7) is -0.0783. The molecule has 0 atom stereocenters. The minimum absolute atomic E-state index is 0.0391. The van der Waals surface area contributed by atoms with Crippen molar-refractivity contribution in [1.29, 1.82) is 0 Å². The maximum absolute atomic E-state index is 13.4. The molecule has 1 N–H and O–H groups in total. The molecule has 2 rings (SSSR count). The van der Waals surface area contributed by atoms with Gasteiger partial charge in [-0.15, -0.1) is 0 Å². The van der Waals surface area contributed by atoms with E-state index in [1.54, 1.807) is 0 Å². The van der Waals surface area contributed by atoms with E-state index in [0.29, 0.717) is 6.07 Å².